The molecule has 0 atom stereocenters. The smallest absolute Gasteiger partial charge is 0.252 e. The molecule has 0 radical (unpaired) electrons. The Morgan fingerprint density at radius 3 is 1.75 bits per heavy atom. The van der Waals surface area contributed by atoms with Gasteiger partial charge in [0.15, 0.2) is 17.9 Å². The highest BCUT2D eigenvalue weighted by atomic mass is 19.2. The van der Waals surface area contributed by atoms with Crippen molar-refractivity contribution in [3.8, 4) is 0 Å². The van der Waals surface area contributed by atoms with E-state index in [1.807, 2.05) is 0 Å². The second kappa shape index (κ2) is 2.88. The number of aromatic nitrogens is 1. The van der Waals surface area contributed by atoms with Gasteiger partial charge in [-0.2, -0.15) is 13.8 Å². The second-order valence-electron chi connectivity index (χ2n) is 1.85. The van der Waals surface area contributed by atoms with Crippen molar-refractivity contribution >= 4 is 6.29 Å². The van der Waals surface area contributed by atoms with E-state index in [-0.39, 0.29) is 6.29 Å². The molecular formula is C6HF4NO. The molecule has 0 aliphatic rings. The quantitative estimate of drug-likeness (QED) is 0.371. The molecule has 0 aliphatic heterocycles. The van der Waals surface area contributed by atoms with Crippen molar-refractivity contribution in [3.63, 3.8) is 0 Å². The van der Waals surface area contributed by atoms with E-state index in [0.29, 0.717) is 0 Å². The van der Waals surface area contributed by atoms with Gasteiger partial charge in [-0.15, -0.1) is 0 Å². The zero-order chi connectivity index (χ0) is 9.30. The number of hydrogen-bond donors (Lipinski definition) is 0. The number of hydrogen-bond acceptors (Lipinski definition) is 2. The van der Waals surface area contributed by atoms with Crippen molar-refractivity contribution in [2.24, 2.45) is 0 Å². The standard InChI is InChI=1S/C6HF4NO/c7-3-2(1-12)4(8)6(10)11-5(3)9/h1H. The minimum absolute atomic E-state index is 0.321. The van der Waals surface area contributed by atoms with Crippen LogP contribution in [-0.4, -0.2) is 11.3 Å². The minimum atomic E-state index is -1.84. The number of carbonyl (C=O) groups is 1. The number of rotatable bonds is 1. The molecule has 6 heteroatoms. The molecule has 0 spiro atoms. The van der Waals surface area contributed by atoms with Gasteiger partial charge in [-0.05, 0) is 0 Å². The number of nitrogens with zero attached hydrogens (tertiary/aromatic N) is 1. The Balaban J connectivity index is 3.52. The van der Waals surface area contributed by atoms with E-state index < -0.39 is 29.1 Å². The van der Waals surface area contributed by atoms with Crippen LogP contribution in [0, 0.1) is 23.5 Å². The second-order valence-corrected chi connectivity index (χ2v) is 1.85. The summed E-state index contributed by atoms with van der Waals surface area (Å²) in [6.45, 7) is 0. The molecule has 0 aliphatic carbocycles. The topological polar surface area (TPSA) is 30.0 Å². The Labute approximate surface area is 63.8 Å². The average Bonchev–Trinajstić information content (AvgIpc) is 2.02. The highest BCUT2D eigenvalue weighted by Gasteiger charge is 2.19. The van der Waals surface area contributed by atoms with Crippen LogP contribution in [0.4, 0.5) is 17.6 Å². The van der Waals surface area contributed by atoms with E-state index in [1.54, 1.807) is 0 Å². The Hall–Kier alpha value is -1.46. The van der Waals surface area contributed by atoms with E-state index in [1.165, 1.54) is 0 Å². The molecule has 1 rings (SSSR count). The van der Waals surface area contributed by atoms with Gasteiger partial charge in [0.05, 0.1) is 5.56 Å². The fourth-order valence-electron chi connectivity index (χ4n) is 0.606. The lowest BCUT2D eigenvalue weighted by Crippen LogP contribution is -2.04. The Kier molecular flexibility index (Phi) is 2.07. The summed E-state index contributed by atoms with van der Waals surface area (Å²) in [7, 11) is 0. The first kappa shape index (κ1) is 8.63. The van der Waals surface area contributed by atoms with Crippen molar-refractivity contribution in [3.05, 3.63) is 29.1 Å². The summed E-state index contributed by atoms with van der Waals surface area (Å²) in [5, 5.41) is 0. The first-order valence-corrected chi connectivity index (χ1v) is 2.73. The van der Waals surface area contributed by atoms with Crippen LogP contribution in [0.5, 0.6) is 0 Å². The van der Waals surface area contributed by atoms with Gasteiger partial charge in [-0.1, -0.05) is 0 Å². The van der Waals surface area contributed by atoms with Gasteiger partial charge in [-0.25, -0.2) is 8.78 Å². The number of halogens is 4. The van der Waals surface area contributed by atoms with Gasteiger partial charge in [0.25, 0.3) is 11.9 Å². The van der Waals surface area contributed by atoms with Crippen LogP contribution in [0.25, 0.3) is 0 Å². The van der Waals surface area contributed by atoms with Crippen LogP contribution in [0.15, 0.2) is 0 Å². The molecule has 0 unspecified atom stereocenters. The van der Waals surface area contributed by atoms with Crippen LogP contribution >= 0.6 is 0 Å². The summed E-state index contributed by atoms with van der Waals surface area (Å²) in [4.78, 5) is 12.2. The van der Waals surface area contributed by atoms with Gasteiger partial charge >= 0.3 is 0 Å². The summed E-state index contributed by atoms with van der Waals surface area (Å²) in [6, 6.07) is 0. The van der Waals surface area contributed by atoms with E-state index in [9.17, 15) is 22.4 Å². The molecule has 64 valence electrons. The SMILES string of the molecule is O=Cc1c(F)c(F)nc(F)c1F. The maximum Gasteiger partial charge on any atom is 0.252 e. The summed E-state index contributed by atoms with van der Waals surface area (Å²) >= 11 is 0. The monoisotopic (exact) mass is 179 g/mol. The van der Waals surface area contributed by atoms with Gasteiger partial charge in [-0.3, -0.25) is 4.79 Å². The maximum absolute atomic E-state index is 12.4. The van der Waals surface area contributed by atoms with E-state index >= 15 is 0 Å². The normalized spacial score (nSPS) is 10.0. The van der Waals surface area contributed by atoms with E-state index in [2.05, 4.69) is 4.98 Å². The molecule has 0 fully saturated rings. The van der Waals surface area contributed by atoms with E-state index in [0.717, 1.165) is 0 Å². The van der Waals surface area contributed by atoms with E-state index in [4.69, 9.17) is 0 Å². The molecular weight excluding hydrogens is 178 g/mol. The van der Waals surface area contributed by atoms with Crippen LogP contribution in [0.2, 0.25) is 0 Å². The third-order valence-electron chi connectivity index (χ3n) is 1.15. The molecule has 0 N–H and O–H groups in total. The summed E-state index contributed by atoms with van der Waals surface area (Å²) in [6.07, 6.45) is -0.321. The summed E-state index contributed by atoms with van der Waals surface area (Å²) in [5.41, 5.74) is -1.29. The molecule has 2 nitrogen and oxygen atoms in total. The molecule has 0 saturated carbocycles. The number of carbonyl (C=O) groups excluding carboxylic acids is 1. The lowest BCUT2D eigenvalue weighted by atomic mass is 10.2. The summed E-state index contributed by atoms with van der Waals surface area (Å²) in [5.74, 6) is -7.25. The number of pyridine rings is 1. The molecule has 0 aromatic carbocycles. The maximum atomic E-state index is 12.4. The van der Waals surface area contributed by atoms with Gasteiger partial charge in [0.2, 0.25) is 0 Å². The minimum Gasteiger partial charge on any atom is -0.298 e. The van der Waals surface area contributed by atoms with Gasteiger partial charge < -0.3 is 0 Å². The predicted molar refractivity (Wildman–Crippen MR) is 29.5 cm³/mol. The highest BCUT2D eigenvalue weighted by molar-refractivity contribution is 5.75. The van der Waals surface area contributed by atoms with Crippen molar-refractivity contribution in [2.45, 2.75) is 0 Å². The van der Waals surface area contributed by atoms with Crippen molar-refractivity contribution in [1.29, 1.82) is 0 Å². The molecule has 1 aromatic heterocycles. The van der Waals surface area contributed by atoms with Crippen LogP contribution in [0.1, 0.15) is 10.4 Å². The number of aldehydes is 1. The zero-order valence-corrected chi connectivity index (χ0v) is 5.44. The fourth-order valence-corrected chi connectivity index (χ4v) is 0.606. The highest BCUT2D eigenvalue weighted by Crippen LogP contribution is 2.13. The van der Waals surface area contributed by atoms with Crippen LogP contribution in [0.3, 0.4) is 0 Å². The molecule has 0 bridgehead atoms. The molecule has 1 aromatic rings. The Bertz CT molecular complexity index is 313. The fraction of sp³-hybridized carbons (Fsp3) is 0. The zero-order valence-electron chi connectivity index (χ0n) is 5.44. The lowest BCUT2D eigenvalue weighted by molar-refractivity contribution is 0.111. The Morgan fingerprint density at radius 2 is 1.42 bits per heavy atom. The lowest BCUT2D eigenvalue weighted by Gasteiger charge is -1.97. The van der Waals surface area contributed by atoms with Gasteiger partial charge in [0.1, 0.15) is 0 Å². The third-order valence-corrected chi connectivity index (χ3v) is 1.15. The summed E-state index contributed by atoms with van der Waals surface area (Å²) < 4.78 is 49.0. The van der Waals surface area contributed by atoms with Crippen molar-refractivity contribution < 1.29 is 22.4 Å². The first-order valence-electron chi connectivity index (χ1n) is 2.73. The average molecular weight is 179 g/mol. The molecule has 12 heavy (non-hydrogen) atoms. The Morgan fingerprint density at radius 1 is 1.00 bits per heavy atom. The van der Waals surface area contributed by atoms with Gasteiger partial charge in [0, 0.05) is 0 Å². The third kappa shape index (κ3) is 1.15. The molecule has 0 amide bonds. The first-order chi connectivity index (χ1) is 5.57. The van der Waals surface area contributed by atoms with Crippen molar-refractivity contribution in [1.82, 2.24) is 4.98 Å². The largest absolute Gasteiger partial charge is 0.298 e. The molecule has 1 heterocycles. The van der Waals surface area contributed by atoms with Crippen LogP contribution < -0.4 is 0 Å². The van der Waals surface area contributed by atoms with Crippen LogP contribution in [-0.2, 0) is 0 Å². The molecule has 0 saturated heterocycles. The van der Waals surface area contributed by atoms with Crippen molar-refractivity contribution in [2.75, 3.05) is 0 Å². The predicted octanol–water partition coefficient (Wildman–Crippen LogP) is 1.45.